The molecular formula is C12H11ClN4S. The van der Waals surface area contributed by atoms with Gasteiger partial charge in [0.15, 0.2) is 11.0 Å². The van der Waals surface area contributed by atoms with Crippen LogP contribution in [0.25, 0.3) is 11.4 Å². The highest BCUT2D eigenvalue weighted by Gasteiger charge is 2.13. The van der Waals surface area contributed by atoms with E-state index in [-0.39, 0.29) is 5.25 Å². The lowest BCUT2D eigenvalue weighted by atomic mass is 10.2. The minimum Gasteiger partial charge on any atom is -0.305 e. The molecular weight excluding hydrogens is 268 g/mol. The summed E-state index contributed by atoms with van der Waals surface area (Å²) in [7, 11) is 1.89. The maximum Gasteiger partial charge on any atom is 0.192 e. The van der Waals surface area contributed by atoms with E-state index in [4.69, 9.17) is 16.9 Å². The Hall–Kier alpha value is -1.51. The van der Waals surface area contributed by atoms with Gasteiger partial charge in [-0.1, -0.05) is 23.4 Å². The van der Waals surface area contributed by atoms with Crippen LogP contribution in [-0.4, -0.2) is 20.0 Å². The van der Waals surface area contributed by atoms with Gasteiger partial charge >= 0.3 is 0 Å². The van der Waals surface area contributed by atoms with E-state index in [1.807, 2.05) is 42.8 Å². The molecule has 18 heavy (non-hydrogen) atoms. The molecule has 0 unspecified atom stereocenters. The summed E-state index contributed by atoms with van der Waals surface area (Å²) in [6.45, 7) is 1.83. The molecule has 0 spiro atoms. The van der Waals surface area contributed by atoms with Crippen LogP contribution >= 0.6 is 23.4 Å². The second-order valence-electron chi connectivity index (χ2n) is 3.76. The monoisotopic (exact) mass is 278 g/mol. The van der Waals surface area contributed by atoms with Crippen LogP contribution in [-0.2, 0) is 7.05 Å². The van der Waals surface area contributed by atoms with E-state index >= 15 is 0 Å². The van der Waals surface area contributed by atoms with Gasteiger partial charge in [-0.05, 0) is 31.2 Å². The van der Waals surface area contributed by atoms with Crippen LogP contribution in [0.5, 0.6) is 0 Å². The number of thioether (sulfide) groups is 1. The van der Waals surface area contributed by atoms with Gasteiger partial charge in [-0.15, -0.1) is 10.2 Å². The summed E-state index contributed by atoms with van der Waals surface area (Å²) in [4.78, 5) is 0. The molecule has 0 aliphatic heterocycles. The lowest BCUT2D eigenvalue weighted by Gasteiger charge is -2.04. The van der Waals surface area contributed by atoms with Crippen LogP contribution in [0.4, 0.5) is 0 Å². The van der Waals surface area contributed by atoms with E-state index in [2.05, 4.69) is 16.3 Å². The van der Waals surface area contributed by atoms with Crippen molar-refractivity contribution in [3.63, 3.8) is 0 Å². The molecule has 6 heteroatoms. The highest BCUT2D eigenvalue weighted by Crippen LogP contribution is 2.25. The molecule has 0 N–H and O–H groups in total. The molecule has 1 aromatic heterocycles. The first kappa shape index (κ1) is 12.9. The van der Waals surface area contributed by atoms with Crippen LogP contribution in [0.15, 0.2) is 29.4 Å². The predicted molar refractivity (Wildman–Crippen MR) is 72.4 cm³/mol. The SMILES string of the molecule is C[C@@H](C#N)Sc1nnc(-c2ccc(Cl)cc2)n1C. The Kier molecular flexibility index (Phi) is 3.90. The molecule has 1 aromatic carbocycles. The molecule has 0 aliphatic carbocycles. The summed E-state index contributed by atoms with van der Waals surface area (Å²) in [5.41, 5.74) is 0.950. The molecule has 0 bridgehead atoms. The summed E-state index contributed by atoms with van der Waals surface area (Å²) < 4.78 is 1.88. The van der Waals surface area contributed by atoms with Crippen molar-refractivity contribution in [3.8, 4) is 17.5 Å². The van der Waals surface area contributed by atoms with Gasteiger partial charge in [0.1, 0.15) is 0 Å². The summed E-state index contributed by atoms with van der Waals surface area (Å²) in [6.07, 6.45) is 0. The van der Waals surface area contributed by atoms with E-state index in [0.717, 1.165) is 16.5 Å². The minimum atomic E-state index is -0.147. The zero-order valence-corrected chi connectivity index (χ0v) is 11.5. The first-order valence-electron chi connectivity index (χ1n) is 5.33. The van der Waals surface area contributed by atoms with Crippen molar-refractivity contribution in [3.05, 3.63) is 29.3 Å². The average molecular weight is 279 g/mol. The molecule has 0 aliphatic rings. The van der Waals surface area contributed by atoms with E-state index < -0.39 is 0 Å². The van der Waals surface area contributed by atoms with E-state index in [1.54, 1.807) is 0 Å². The number of halogens is 1. The molecule has 0 amide bonds. The lowest BCUT2D eigenvalue weighted by Crippen LogP contribution is -1.98. The molecule has 0 saturated carbocycles. The largest absolute Gasteiger partial charge is 0.305 e. The first-order valence-corrected chi connectivity index (χ1v) is 6.59. The molecule has 0 radical (unpaired) electrons. The van der Waals surface area contributed by atoms with Crippen molar-refractivity contribution in [2.45, 2.75) is 17.3 Å². The number of rotatable bonds is 3. The highest BCUT2D eigenvalue weighted by molar-refractivity contribution is 8.00. The maximum absolute atomic E-state index is 8.80. The van der Waals surface area contributed by atoms with E-state index in [0.29, 0.717) is 5.02 Å². The number of nitrogens with zero attached hydrogens (tertiary/aromatic N) is 4. The van der Waals surface area contributed by atoms with Crippen LogP contribution in [0.3, 0.4) is 0 Å². The number of hydrogen-bond donors (Lipinski definition) is 0. The van der Waals surface area contributed by atoms with Gasteiger partial charge in [0.2, 0.25) is 0 Å². The zero-order chi connectivity index (χ0) is 13.1. The molecule has 0 fully saturated rings. The van der Waals surface area contributed by atoms with Gasteiger partial charge in [-0.25, -0.2) is 0 Å². The van der Waals surface area contributed by atoms with Crippen molar-refractivity contribution in [1.82, 2.24) is 14.8 Å². The van der Waals surface area contributed by atoms with Gasteiger partial charge in [-0.3, -0.25) is 0 Å². The van der Waals surface area contributed by atoms with Gasteiger partial charge in [0.25, 0.3) is 0 Å². The standard InChI is InChI=1S/C12H11ClN4S/c1-8(7-14)18-12-16-15-11(17(12)2)9-3-5-10(13)6-4-9/h3-6,8H,1-2H3/t8-/m0/s1. The highest BCUT2D eigenvalue weighted by atomic mass is 35.5. The Morgan fingerprint density at radius 1 is 1.33 bits per heavy atom. The normalized spacial score (nSPS) is 12.1. The smallest absolute Gasteiger partial charge is 0.192 e. The van der Waals surface area contributed by atoms with Crippen LogP contribution < -0.4 is 0 Å². The number of benzene rings is 1. The third-order valence-corrected chi connectivity index (χ3v) is 3.68. The number of aromatic nitrogens is 3. The second kappa shape index (κ2) is 5.42. The summed E-state index contributed by atoms with van der Waals surface area (Å²) in [5, 5.41) is 18.3. The Bertz CT molecular complexity index is 585. The third kappa shape index (κ3) is 2.66. The summed E-state index contributed by atoms with van der Waals surface area (Å²) in [5.74, 6) is 0.763. The predicted octanol–water partition coefficient (Wildman–Crippen LogP) is 3.14. The van der Waals surface area contributed by atoms with E-state index in [9.17, 15) is 0 Å². The van der Waals surface area contributed by atoms with E-state index in [1.165, 1.54) is 11.8 Å². The van der Waals surface area contributed by atoms with Crippen molar-refractivity contribution >= 4 is 23.4 Å². The fraction of sp³-hybridized carbons (Fsp3) is 0.250. The second-order valence-corrected chi connectivity index (χ2v) is 5.51. The Morgan fingerprint density at radius 3 is 2.61 bits per heavy atom. The summed E-state index contributed by atoms with van der Waals surface area (Å²) >= 11 is 7.24. The quantitative estimate of drug-likeness (QED) is 0.810. The number of nitriles is 1. The van der Waals surface area contributed by atoms with Crippen molar-refractivity contribution < 1.29 is 0 Å². The van der Waals surface area contributed by atoms with Crippen LogP contribution in [0.2, 0.25) is 5.02 Å². The zero-order valence-electron chi connectivity index (χ0n) is 9.96. The third-order valence-electron chi connectivity index (χ3n) is 2.40. The van der Waals surface area contributed by atoms with Crippen molar-refractivity contribution in [1.29, 1.82) is 5.26 Å². The molecule has 1 atom stereocenters. The molecule has 2 aromatic rings. The topological polar surface area (TPSA) is 54.5 Å². The fourth-order valence-corrected chi connectivity index (χ4v) is 2.28. The van der Waals surface area contributed by atoms with Gasteiger partial charge < -0.3 is 4.57 Å². The molecule has 1 heterocycles. The van der Waals surface area contributed by atoms with Gasteiger partial charge in [0.05, 0.1) is 11.3 Å². The molecule has 0 saturated heterocycles. The Labute approximate surface area is 115 Å². The molecule has 4 nitrogen and oxygen atoms in total. The van der Waals surface area contributed by atoms with Gasteiger partial charge in [0, 0.05) is 17.6 Å². The average Bonchev–Trinajstić information content (AvgIpc) is 2.72. The Morgan fingerprint density at radius 2 is 2.00 bits per heavy atom. The maximum atomic E-state index is 8.80. The number of hydrogen-bond acceptors (Lipinski definition) is 4. The van der Waals surface area contributed by atoms with Gasteiger partial charge in [-0.2, -0.15) is 5.26 Å². The molecule has 2 rings (SSSR count). The summed E-state index contributed by atoms with van der Waals surface area (Å²) in [6, 6.07) is 9.59. The first-order chi connectivity index (χ1) is 8.61. The van der Waals surface area contributed by atoms with Crippen LogP contribution in [0, 0.1) is 11.3 Å². The van der Waals surface area contributed by atoms with Crippen molar-refractivity contribution in [2.75, 3.05) is 0 Å². The molecule has 92 valence electrons. The Balaban J connectivity index is 2.31. The lowest BCUT2D eigenvalue weighted by molar-refractivity contribution is 0.792. The van der Waals surface area contributed by atoms with Crippen LogP contribution in [0.1, 0.15) is 6.92 Å². The van der Waals surface area contributed by atoms with Crippen molar-refractivity contribution in [2.24, 2.45) is 7.05 Å². The minimum absolute atomic E-state index is 0.147. The fourth-order valence-electron chi connectivity index (χ4n) is 1.45.